The topological polar surface area (TPSA) is 50.1 Å². The molecule has 18 heavy (non-hydrogen) atoms. The molecule has 0 atom stereocenters. The summed E-state index contributed by atoms with van der Waals surface area (Å²) in [6.07, 6.45) is 3.14. The second kappa shape index (κ2) is 5.22. The third kappa shape index (κ3) is 2.70. The van der Waals surface area contributed by atoms with E-state index in [1.807, 2.05) is 24.3 Å². The van der Waals surface area contributed by atoms with Gasteiger partial charge in [0.05, 0.1) is 18.6 Å². The Labute approximate surface area is 107 Å². The van der Waals surface area contributed by atoms with Crippen molar-refractivity contribution >= 4 is 5.78 Å². The van der Waals surface area contributed by atoms with Gasteiger partial charge in [-0.15, -0.1) is 0 Å². The van der Waals surface area contributed by atoms with E-state index < -0.39 is 0 Å². The normalized spacial score (nSPS) is 18.1. The minimum Gasteiger partial charge on any atom is -0.497 e. The molecule has 0 bridgehead atoms. The molecule has 94 valence electrons. The molecule has 1 aromatic carbocycles. The third-order valence-corrected chi connectivity index (χ3v) is 3.68. The van der Waals surface area contributed by atoms with Gasteiger partial charge >= 0.3 is 0 Å². The first-order valence-electron chi connectivity index (χ1n) is 6.23. The molecule has 0 unspecified atom stereocenters. The molecule has 0 spiro atoms. The molecule has 0 aromatic heterocycles. The molecule has 0 radical (unpaired) electrons. The summed E-state index contributed by atoms with van der Waals surface area (Å²) in [7, 11) is 1.64. The van der Waals surface area contributed by atoms with Gasteiger partial charge in [-0.05, 0) is 37.0 Å². The van der Waals surface area contributed by atoms with Crippen LogP contribution in [-0.4, -0.2) is 12.9 Å². The van der Waals surface area contributed by atoms with E-state index in [1.54, 1.807) is 7.11 Å². The second-order valence-corrected chi connectivity index (χ2v) is 4.96. The van der Waals surface area contributed by atoms with E-state index in [2.05, 4.69) is 6.07 Å². The predicted molar refractivity (Wildman–Crippen MR) is 68.2 cm³/mol. The lowest BCUT2D eigenvalue weighted by atomic mass is 9.71. The van der Waals surface area contributed by atoms with E-state index in [0.29, 0.717) is 32.1 Å². The highest BCUT2D eigenvalue weighted by molar-refractivity contribution is 5.79. The summed E-state index contributed by atoms with van der Waals surface area (Å²) in [5, 5.41) is 9.42. The van der Waals surface area contributed by atoms with Gasteiger partial charge in [0.1, 0.15) is 11.5 Å². The summed E-state index contributed by atoms with van der Waals surface area (Å²) in [5.41, 5.74) is 0.727. The number of Topliss-reactive ketones (excluding diaryl/α,β-unsaturated/α-hetero) is 1. The molecule has 1 aliphatic rings. The zero-order valence-electron chi connectivity index (χ0n) is 10.6. The number of nitriles is 1. The first kappa shape index (κ1) is 12.6. The van der Waals surface area contributed by atoms with Crippen LogP contribution >= 0.6 is 0 Å². The number of nitrogens with zero attached hydrogens (tertiary/aromatic N) is 1. The Bertz CT molecular complexity index is 478. The lowest BCUT2D eigenvalue weighted by Gasteiger charge is -2.30. The number of hydrogen-bond acceptors (Lipinski definition) is 3. The van der Waals surface area contributed by atoms with Gasteiger partial charge in [0.2, 0.25) is 0 Å². The van der Waals surface area contributed by atoms with E-state index in [9.17, 15) is 10.1 Å². The Morgan fingerprint density at radius 2 is 2.11 bits per heavy atom. The molecule has 3 heteroatoms. The number of carbonyl (C=O) groups excluding carboxylic acids is 1. The molecule has 0 heterocycles. The van der Waals surface area contributed by atoms with E-state index >= 15 is 0 Å². The van der Waals surface area contributed by atoms with Crippen LogP contribution in [0.2, 0.25) is 0 Å². The second-order valence-electron chi connectivity index (χ2n) is 4.96. The van der Waals surface area contributed by atoms with Crippen LogP contribution in [0.25, 0.3) is 0 Å². The lowest BCUT2D eigenvalue weighted by Crippen LogP contribution is -2.28. The maximum atomic E-state index is 11.3. The number of hydrogen-bond donors (Lipinski definition) is 0. The van der Waals surface area contributed by atoms with Crippen molar-refractivity contribution in [3.63, 3.8) is 0 Å². The molecule has 3 nitrogen and oxygen atoms in total. The quantitative estimate of drug-likeness (QED) is 0.820. The Hall–Kier alpha value is -1.82. The van der Waals surface area contributed by atoms with Gasteiger partial charge in [0.15, 0.2) is 0 Å². The highest BCUT2D eigenvalue weighted by atomic mass is 16.5. The maximum Gasteiger partial charge on any atom is 0.133 e. The maximum absolute atomic E-state index is 11.3. The highest BCUT2D eigenvalue weighted by Crippen LogP contribution is 2.37. The molecule has 1 aromatic rings. The summed E-state index contributed by atoms with van der Waals surface area (Å²) in [6, 6.07) is 10.2. The van der Waals surface area contributed by atoms with E-state index in [4.69, 9.17) is 4.74 Å². The molecule has 0 N–H and O–H groups in total. The zero-order chi connectivity index (χ0) is 13.0. The third-order valence-electron chi connectivity index (χ3n) is 3.68. The molecule has 0 aliphatic heterocycles. The lowest BCUT2D eigenvalue weighted by molar-refractivity contribution is -0.121. The van der Waals surface area contributed by atoms with Gasteiger partial charge < -0.3 is 4.74 Å². The van der Waals surface area contributed by atoms with Crippen LogP contribution in [0.5, 0.6) is 5.75 Å². The minimum atomic E-state index is -0.375. The molecular weight excluding hydrogens is 226 g/mol. The van der Waals surface area contributed by atoms with Crippen LogP contribution in [0.3, 0.4) is 0 Å². The predicted octanol–water partition coefficient (Wildman–Crippen LogP) is 2.89. The smallest absolute Gasteiger partial charge is 0.133 e. The van der Waals surface area contributed by atoms with Crippen LogP contribution < -0.4 is 4.74 Å². The van der Waals surface area contributed by atoms with E-state index in [1.165, 1.54) is 0 Å². The van der Waals surface area contributed by atoms with Crippen molar-refractivity contribution in [2.45, 2.75) is 32.1 Å². The average molecular weight is 243 g/mol. The van der Waals surface area contributed by atoms with Crippen molar-refractivity contribution in [2.24, 2.45) is 5.41 Å². The molecule has 0 amide bonds. The van der Waals surface area contributed by atoms with Gasteiger partial charge in [-0.3, -0.25) is 4.79 Å². The van der Waals surface area contributed by atoms with Crippen molar-refractivity contribution < 1.29 is 9.53 Å². The van der Waals surface area contributed by atoms with Gasteiger partial charge in [0, 0.05) is 12.8 Å². The summed E-state index contributed by atoms with van der Waals surface area (Å²) >= 11 is 0. The average Bonchev–Trinajstić information content (AvgIpc) is 2.42. The Morgan fingerprint density at radius 3 is 2.72 bits per heavy atom. The summed E-state index contributed by atoms with van der Waals surface area (Å²) in [6.45, 7) is 0. The van der Waals surface area contributed by atoms with Gasteiger partial charge in [-0.25, -0.2) is 0 Å². The molecule has 1 saturated carbocycles. The minimum absolute atomic E-state index is 0.284. The first-order chi connectivity index (χ1) is 8.67. The first-order valence-corrected chi connectivity index (χ1v) is 6.23. The van der Waals surface area contributed by atoms with Crippen molar-refractivity contribution in [3.8, 4) is 11.8 Å². The summed E-state index contributed by atoms with van der Waals surface area (Å²) < 4.78 is 5.19. The van der Waals surface area contributed by atoms with Crippen molar-refractivity contribution in [1.29, 1.82) is 5.26 Å². The number of ether oxygens (including phenoxy) is 1. The fourth-order valence-corrected chi connectivity index (χ4v) is 2.51. The fraction of sp³-hybridized carbons (Fsp3) is 0.467. The van der Waals surface area contributed by atoms with Gasteiger partial charge in [0.25, 0.3) is 0 Å². The number of carbonyl (C=O) groups is 1. The monoisotopic (exact) mass is 243 g/mol. The van der Waals surface area contributed by atoms with Crippen molar-refractivity contribution in [3.05, 3.63) is 29.8 Å². The molecule has 1 aliphatic carbocycles. The zero-order valence-corrected chi connectivity index (χ0v) is 10.6. The largest absolute Gasteiger partial charge is 0.497 e. The molecule has 0 saturated heterocycles. The van der Waals surface area contributed by atoms with Crippen LogP contribution in [0.1, 0.15) is 31.2 Å². The highest BCUT2D eigenvalue weighted by Gasteiger charge is 2.34. The van der Waals surface area contributed by atoms with Crippen molar-refractivity contribution in [1.82, 2.24) is 0 Å². The number of benzene rings is 1. The van der Waals surface area contributed by atoms with E-state index in [0.717, 1.165) is 11.3 Å². The SMILES string of the molecule is COc1cccc(CC2(C#N)CCC(=O)CC2)c1. The van der Waals surface area contributed by atoms with Crippen LogP contribution in [0.15, 0.2) is 24.3 Å². The number of ketones is 1. The summed E-state index contributed by atoms with van der Waals surface area (Å²) in [4.78, 5) is 11.3. The fourth-order valence-electron chi connectivity index (χ4n) is 2.51. The number of methoxy groups -OCH3 is 1. The van der Waals surface area contributed by atoms with Crippen LogP contribution in [0.4, 0.5) is 0 Å². The van der Waals surface area contributed by atoms with E-state index in [-0.39, 0.29) is 11.2 Å². The van der Waals surface area contributed by atoms with Gasteiger partial charge in [-0.2, -0.15) is 5.26 Å². The summed E-state index contributed by atoms with van der Waals surface area (Å²) in [5.74, 6) is 1.10. The molecule has 1 fully saturated rings. The standard InChI is InChI=1S/C15H17NO2/c1-18-14-4-2-3-12(9-14)10-15(11-16)7-5-13(17)6-8-15/h2-4,9H,5-8,10H2,1H3. The van der Waals surface area contributed by atoms with Crippen LogP contribution in [-0.2, 0) is 11.2 Å². The molecular formula is C15H17NO2. The van der Waals surface area contributed by atoms with Crippen molar-refractivity contribution in [2.75, 3.05) is 7.11 Å². The Morgan fingerprint density at radius 1 is 1.39 bits per heavy atom. The van der Waals surface area contributed by atoms with Crippen LogP contribution in [0, 0.1) is 16.7 Å². The Balaban J connectivity index is 2.15. The van der Waals surface area contributed by atoms with Gasteiger partial charge in [-0.1, -0.05) is 12.1 Å². The Kier molecular flexibility index (Phi) is 3.66. The molecule has 2 rings (SSSR count). The number of rotatable bonds is 3.